The van der Waals surface area contributed by atoms with Gasteiger partial charge in [-0.15, -0.1) is 0 Å². The van der Waals surface area contributed by atoms with E-state index >= 15 is 0 Å². The molecule has 0 bridgehead atoms. The first-order chi connectivity index (χ1) is 7.74. The fraction of sp³-hybridized carbons (Fsp3) is 0.467. The van der Waals surface area contributed by atoms with Crippen LogP contribution in [0.4, 0.5) is 0 Å². The number of benzene rings is 1. The van der Waals surface area contributed by atoms with Gasteiger partial charge >= 0.3 is 0 Å². The molecule has 1 unspecified atom stereocenters. The largest absolute Gasteiger partial charge is 1.00 e. The molecule has 0 saturated heterocycles. The van der Waals surface area contributed by atoms with E-state index in [4.69, 9.17) is 0 Å². The minimum absolute atomic E-state index is 0. The maximum absolute atomic E-state index is 4.07. The van der Waals surface area contributed by atoms with Crippen LogP contribution in [0.3, 0.4) is 0 Å². The molecule has 0 aliphatic carbocycles. The predicted molar refractivity (Wildman–Crippen MR) is 77.9 cm³/mol. The lowest BCUT2D eigenvalue weighted by Crippen LogP contribution is -3.00. The highest BCUT2D eigenvalue weighted by Crippen LogP contribution is 2.69. The maximum Gasteiger partial charge on any atom is 0.112 e. The van der Waals surface area contributed by atoms with Crippen LogP contribution in [-0.2, 0) is 0 Å². The second kappa shape index (κ2) is 7.90. The number of hydrogen-bond acceptors (Lipinski definition) is 0. The molecule has 0 aliphatic heterocycles. The summed E-state index contributed by atoms with van der Waals surface area (Å²) in [5.74, 6) is 0. The van der Waals surface area contributed by atoms with Gasteiger partial charge < -0.3 is 12.4 Å². The van der Waals surface area contributed by atoms with Crippen molar-refractivity contribution in [1.29, 1.82) is 0 Å². The first kappa shape index (κ1) is 16.7. The van der Waals surface area contributed by atoms with E-state index in [9.17, 15) is 0 Å². The Labute approximate surface area is 113 Å². The van der Waals surface area contributed by atoms with Crippen molar-refractivity contribution in [3.63, 3.8) is 0 Å². The zero-order valence-corrected chi connectivity index (χ0v) is 12.8. The molecule has 1 rings (SSSR count). The third kappa shape index (κ3) is 3.57. The second-order valence-electron chi connectivity index (χ2n) is 4.26. The van der Waals surface area contributed by atoms with Gasteiger partial charge in [-0.3, -0.25) is 0 Å². The van der Waals surface area contributed by atoms with E-state index < -0.39 is 7.26 Å². The van der Waals surface area contributed by atoms with Crippen LogP contribution in [0.5, 0.6) is 0 Å². The molecule has 0 nitrogen and oxygen atoms in total. The smallest absolute Gasteiger partial charge is 0.112 e. The molecule has 0 spiro atoms. The molecule has 1 aromatic rings. The SMILES string of the molecule is C=CC(c1ccccc1)[P+](CC)(CC)CC.[Cl-]. The molecule has 0 aliphatic rings. The predicted octanol–water partition coefficient (Wildman–Crippen LogP) is 1.99. The van der Waals surface area contributed by atoms with Crippen molar-refractivity contribution < 1.29 is 12.4 Å². The average molecular weight is 271 g/mol. The minimum atomic E-state index is -0.889. The van der Waals surface area contributed by atoms with Gasteiger partial charge in [0, 0.05) is 7.26 Å². The molecule has 17 heavy (non-hydrogen) atoms. The summed E-state index contributed by atoms with van der Waals surface area (Å²) in [6.07, 6.45) is 6.16. The Morgan fingerprint density at radius 1 is 1.06 bits per heavy atom. The summed E-state index contributed by atoms with van der Waals surface area (Å²) >= 11 is 0. The van der Waals surface area contributed by atoms with Gasteiger partial charge in [-0.25, -0.2) is 0 Å². The zero-order valence-electron chi connectivity index (χ0n) is 11.2. The lowest BCUT2D eigenvalue weighted by molar-refractivity contribution is -0.00000349. The van der Waals surface area contributed by atoms with Gasteiger partial charge in [-0.05, 0) is 32.4 Å². The molecule has 0 heterocycles. The first-order valence-electron chi connectivity index (χ1n) is 6.27. The van der Waals surface area contributed by atoms with Gasteiger partial charge in [-0.1, -0.05) is 36.9 Å². The summed E-state index contributed by atoms with van der Waals surface area (Å²) in [5.41, 5.74) is 2.05. The van der Waals surface area contributed by atoms with Crippen molar-refractivity contribution in [3.8, 4) is 0 Å². The van der Waals surface area contributed by atoms with Crippen LogP contribution >= 0.6 is 7.26 Å². The third-order valence-corrected chi connectivity index (χ3v) is 9.31. The highest BCUT2D eigenvalue weighted by atomic mass is 35.5. The van der Waals surface area contributed by atoms with Gasteiger partial charge in [0.1, 0.15) is 5.66 Å². The summed E-state index contributed by atoms with van der Waals surface area (Å²) in [4.78, 5) is 0. The Kier molecular flexibility index (Phi) is 7.75. The van der Waals surface area contributed by atoms with E-state index in [1.54, 1.807) is 0 Å². The Hall–Kier alpha value is -0.320. The van der Waals surface area contributed by atoms with Gasteiger partial charge in [0.25, 0.3) is 0 Å². The number of rotatable bonds is 6. The van der Waals surface area contributed by atoms with E-state index in [0.717, 1.165) is 0 Å². The third-order valence-electron chi connectivity index (χ3n) is 3.84. The fourth-order valence-electron chi connectivity index (χ4n) is 2.59. The summed E-state index contributed by atoms with van der Waals surface area (Å²) in [6, 6.07) is 10.9. The van der Waals surface area contributed by atoms with Crippen molar-refractivity contribution in [3.05, 3.63) is 48.6 Å². The highest BCUT2D eigenvalue weighted by Gasteiger charge is 2.39. The van der Waals surface area contributed by atoms with E-state index in [2.05, 4.69) is 63.8 Å². The van der Waals surface area contributed by atoms with Crippen LogP contribution in [0.15, 0.2) is 43.0 Å². The van der Waals surface area contributed by atoms with Crippen LogP contribution < -0.4 is 12.4 Å². The van der Waals surface area contributed by atoms with Crippen molar-refractivity contribution in [2.24, 2.45) is 0 Å². The van der Waals surface area contributed by atoms with Gasteiger partial charge in [0.15, 0.2) is 0 Å². The quantitative estimate of drug-likeness (QED) is 0.548. The van der Waals surface area contributed by atoms with E-state index in [0.29, 0.717) is 5.66 Å². The molecule has 2 heteroatoms. The Bertz CT molecular complexity index is 309. The van der Waals surface area contributed by atoms with Crippen LogP contribution in [0.2, 0.25) is 0 Å². The summed E-state index contributed by atoms with van der Waals surface area (Å²) in [7, 11) is -0.889. The van der Waals surface area contributed by atoms with E-state index in [-0.39, 0.29) is 12.4 Å². The topological polar surface area (TPSA) is 0 Å². The Balaban J connectivity index is 0.00000256. The van der Waals surface area contributed by atoms with Crippen molar-refractivity contribution >= 4 is 7.26 Å². The molecule has 96 valence electrons. The van der Waals surface area contributed by atoms with Crippen LogP contribution in [0.25, 0.3) is 0 Å². The van der Waals surface area contributed by atoms with Crippen LogP contribution in [0.1, 0.15) is 32.0 Å². The van der Waals surface area contributed by atoms with Crippen molar-refractivity contribution in [2.75, 3.05) is 18.5 Å². The lowest BCUT2D eigenvalue weighted by atomic mass is 10.1. The molecule has 1 atom stereocenters. The molecule has 0 N–H and O–H groups in total. The Morgan fingerprint density at radius 2 is 1.53 bits per heavy atom. The highest BCUT2D eigenvalue weighted by molar-refractivity contribution is 7.76. The monoisotopic (exact) mass is 270 g/mol. The van der Waals surface area contributed by atoms with Crippen LogP contribution in [-0.4, -0.2) is 18.5 Å². The second-order valence-corrected chi connectivity index (χ2v) is 9.15. The molecule has 0 fully saturated rings. The minimum Gasteiger partial charge on any atom is -1.00 e. The molecule has 0 saturated carbocycles. The number of allylic oxidation sites excluding steroid dienone is 1. The molecule has 0 amide bonds. The maximum atomic E-state index is 4.07. The standard InChI is InChI=1S/C15H24P.ClH/c1-5-15(14-12-10-9-11-13-14)16(6-2,7-3)8-4;/h5,9-13,15H,1,6-8H2,2-4H3;1H/q+1;/p-1. The lowest BCUT2D eigenvalue weighted by Gasteiger charge is -2.31. The average Bonchev–Trinajstić information content (AvgIpc) is 2.37. The van der Waals surface area contributed by atoms with Gasteiger partial charge in [0.2, 0.25) is 0 Å². The summed E-state index contributed by atoms with van der Waals surface area (Å²) in [6.45, 7) is 11.1. The summed E-state index contributed by atoms with van der Waals surface area (Å²) in [5, 5.41) is 0. The first-order valence-corrected chi connectivity index (χ1v) is 8.68. The molecular weight excluding hydrogens is 247 g/mol. The molecule has 0 radical (unpaired) electrons. The molecule has 1 aromatic carbocycles. The van der Waals surface area contributed by atoms with Crippen molar-refractivity contribution in [1.82, 2.24) is 0 Å². The van der Waals surface area contributed by atoms with Gasteiger partial charge in [0.05, 0.1) is 18.5 Å². The summed E-state index contributed by atoms with van der Waals surface area (Å²) < 4.78 is 0. The van der Waals surface area contributed by atoms with Crippen LogP contribution in [0, 0.1) is 0 Å². The fourth-order valence-corrected chi connectivity index (χ4v) is 6.36. The normalized spacial score (nSPS) is 12.6. The Morgan fingerprint density at radius 3 is 1.88 bits per heavy atom. The number of hydrogen-bond donors (Lipinski definition) is 0. The van der Waals surface area contributed by atoms with E-state index in [1.807, 2.05) is 0 Å². The van der Waals surface area contributed by atoms with E-state index in [1.165, 1.54) is 24.0 Å². The molecular formula is C15H24ClP. The molecule has 0 aromatic heterocycles. The van der Waals surface area contributed by atoms with Gasteiger partial charge in [-0.2, -0.15) is 0 Å². The zero-order chi connectivity index (χ0) is 12.0. The van der Waals surface area contributed by atoms with Crippen molar-refractivity contribution in [2.45, 2.75) is 26.4 Å². The number of halogens is 1.